The second-order valence-electron chi connectivity index (χ2n) is 5.36. The fourth-order valence-electron chi connectivity index (χ4n) is 2.40. The molecular weight excluding hydrogens is 258 g/mol. The zero-order valence-electron chi connectivity index (χ0n) is 11.5. The summed E-state index contributed by atoms with van der Waals surface area (Å²) < 4.78 is 11.9. The summed E-state index contributed by atoms with van der Waals surface area (Å²) in [6.45, 7) is 3.56. The van der Waals surface area contributed by atoms with E-state index in [0.29, 0.717) is 17.0 Å². The average Bonchev–Trinajstić information content (AvgIpc) is 3.20. The molecule has 0 spiro atoms. The molecule has 0 N–H and O–H groups in total. The van der Waals surface area contributed by atoms with Crippen molar-refractivity contribution >= 4 is 17.1 Å². The number of aromatic nitrogens is 1. The molecule has 5 nitrogen and oxygen atoms in total. The van der Waals surface area contributed by atoms with Gasteiger partial charge in [0.1, 0.15) is 12.1 Å². The third-order valence-electron chi connectivity index (χ3n) is 3.84. The van der Waals surface area contributed by atoms with Gasteiger partial charge in [-0.05, 0) is 44.7 Å². The molecule has 1 aromatic carbocycles. The Bertz CT molecular complexity index is 695. The quantitative estimate of drug-likeness (QED) is 0.804. The van der Waals surface area contributed by atoms with Crippen LogP contribution in [-0.2, 0) is 9.53 Å². The number of rotatable bonds is 4. The van der Waals surface area contributed by atoms with Crippen LogP contribution in [0.2, 0.25) is 0 Å². The molecule has 5 heteroatoms. The first kappa shape index (κ1) is 13.0. The van der Waals surface area contributed by atoms with E-state index in [9.17, 15) is 9.59 Å². The Hall–Kier alpha value is -2.04. The zero-order chi connectivity index (χ0) is 14.3. The number of para-hydroxylation sites is 2. The van der Waals surface area contributed by atoms with Gasteiger partial charge >= 0.3 is 11.7 Å². The number of carbonyl (C=O) groups excluding carboxylic acids is 1. The summed E-state index contributed by atoms with van der Waals surface area (Å²) in [5.41, 5.74) is 1.09. The topological polar surface area (TPSA) is 61.4 Å². The Labute approximate surface area is 116 Å². The maximum Gasteiger partial charge on any atom is 0.420 e. The van der Waals surface area contributed by atoms with Crippen LogP contribution in [0.4, 0.5) is 0 Å². The number of carbonyl (C=O) groups is 1. The molecule has 1 heterocycles. The van der Waals surface area contributed by atoms with E-state index < -0.39 is 17.8 Å². The Morgan fingerprint density at radius 1 is 1.35 bits per heavy atom. The minimum atomic E-state index is -0.688. The number of oxazole rings is 1. The molecule has 0 amide bonds. The van der Waals surface area contributed by atoms with Crippen molar-refractivity contribution in [1.29, 1.82) is 0 Å². The summed E-state index contributed by atoms with van der Waals surface area (Å²) in [4.78, 5) is 24.1. The van der Waals surface area contributed by atoms with Crippen molar-refractivity contribution in [1.82, 2.24) is 4.57 Å². The molecule has 0 bridgehead atoms. The van der Waals surface area contributed by atoms with Gasteiger partial charge in [-0.25, -0.2) is 9.59 Å². The molecule has 1 aromatic heterocycles. The lowest BCUT2D eigenvalue weighted by Gasteiger charge is -2.16. The molecule has 0 unspecified atom stereocenters. The Balaban J connectivity index is 1.87. The SMILES string of the molecule is C[C@H](OC(=O)[C@@H](C)n1c(=O)oc2ccccc21)C1CC1. The highest BCUT2D eigenvalue weighted by Crippen LogP contribution is 2.34. The monoisotopic (exact) mass is 275 g/mol. The van der Waals surface area contributed by atoms with Gasteiger partial charge in [0.15, 0.2) is 5.58 Å². The van der Waals surface area contributed by atoms with Gasteiger partial charge in [0.2, 0.25) is 0 Å². The Morgan fingerprint density at radius 3 is 2.75 bits per heavy atom. The van der Waals surface area contributed by atoms with E-state index >= 15 is 0 Å². The number of hydrogen-bond donors (Lipinski definition) is 0. The van der Waals surface area contributed by atoms with E-state index in [2.05, 4.69) is 0 Å². The summed E-state index contributed by atoms with van der Waals surface area (Å²) in [6, 6.07) is 6.37. The van der Waals surface area contributed by atoms with Crippen molar-refractivity contribution in [2.75, 3.05) is 0 Å². The minimum absolute atomic E-state index is 0.0844. The second-order valence-corrected chi connectivity index (χ2v) is 5.36. The van der Waals surface area contributed by atoms with Gasteiger partial charge in [0, 0.05) is 0 Å². The molecule has 1 saturated carbocycles. The van der Waals surface area contributed by atoms with Gasteiger partial charge in [-0.1, -0.05) is 12.1 Å². The molecule has 3 rings (SSSR count). The zero-order valence-corrected chi connectivity index (χ0v) is 11.5. The lowest BCUT2D eigenvalue weighted by Crippen LogP contribution is -2.29. The lowest BCUT2D eigenvalue weighted by atomic mass is 10.2. The fraction of sp³-hybridized carbons (Fsp3) is 0.467. The smallest absolute Gasteiger partial charge is 0.420 e. The maximum atomic E-state index is 12.2. The lowest BCUT2D eigenvalue weighted by molar-refractivity contribution is -0.152. The molecule has 1 fully saturated rings. The van der Waals surface area contributed by atoms with E-state index in [1.165, 1.54) is 4.57 Å². The number of esters is 1. The predicted molar refractivity (Wildman–Crippen MR) is 73.5 cm³/mol. The van der Waals surface area contributed by atoms with Crippen LogP contribution in [0, 0.1) is 5.92 Å². The highest BCUT2D eigenvalue weighted by molar-refractivity contribution is 5.79. The van der Waals surface area contributed by atoms with E-state index in [0.717, 1.165) is 12.8 Å². The molecule has 20 heavy (non-hydrogen) atoms. The standard InChI is InChI=1S/C15H17NO4/c1-9(14(17)19-10(2)11-7-8-11)16-12-5-3-4-6-13(12)20-15(16)18/h3-6,9-11H,7-8H2,1-2H3/t9-,10+/m1/s1. The molecule has 0 saturated heterocycles. The van der Waals surface area contributed by atoms with Crippen molar-refractivity contribution in [2.24, 2.45) is 5.92 Å². The van der Waals surface area contributed by atoms with Crippen molar-refractivity contribution in [2.45, 2.75) is 38.8 Å². The molecule has 1 aliphatic carbocycles. The molecule has 0 aliphatic heterocycles. The van der Waals surface area contributed by atoms with Crippen LogP contribution < -0.4 is 5.76 Å². The van der Waals surface area contributed by atoms with Gasteiger partial charge < -0.3 is 9.15 Å². The maximum absolute atomic E-state index is 12.2. The highest BCUT2D eigenvalue weighted by atomic mass is 16.5. The number of hydrogen-bond acceptors (Lipinski definition) is 4. The molecule has 2 aromatic rings. The van der Waals surface area contributed by atoms with E-state index in [1.807, 2.05) is 6.92 Å². The van der Waals surface area contributed by atoms with Gasteiger partial charge in [-0.2, -0.15) is 0 Å². The fourth-order valence-corrected chi connectivity index (χ4v) is 2.40. The van der Waals surface area contributed by atoms with Crippen LogP contribution in [0.25, 0.3) is 11.1 Å². The third kappa shape index (κ3) is 2.24. The first-order chi connectivity index (χ1) is 9.58. The largest absolute Gasteiger partial charge is 0.461 e. The Kier molecular flexibility index (Phi) is 3.12. The highest BCUT2D eigenvalue weighted by Gasteiger charge is 2.32. The van der Waals surface area contributed by atoms with Crippen LogP contribution in [0.3, 0.4) is 0 Å². The molecule has 0 radical (unpaired) electrons. The van der Waals surface area contributed by atoms with Crippen LogP contribution in [0.15, 0.2) is 33.5 Å². The van der Waals surface area contributed by atoms with E-state index in [1.54, 1.807) is 31.2 Å². The molecule has 106 valence electrons. The minimum Gasteiger partial charge on any atom is -0.461 e. The van der Waals surface area contributed by atoms with Crippen LogP contribution >= 0.6 is 0 Å². The average molecular weight is 275 g/mol. The van der Waals surface area contributed by atoms with Crippen molar-refractivity contribution in [3.8, 4) is 0 Å². The van der Waals surface area contributed by atoms with Gasteiger partial charge in [-0.3, -0.25) is 4.57 Å². The van der Waals surface area contributed by atoms with Gasteiger partial charge in [-0.15, -0.1) is 0 Å². The van der Waals surface area contributed by atoms with Crippen LogP contribution in [-0.4, -0.2) is 16.6 Å². The summed E-state index contributed by atoms with van der Waals surface area (Å²) in [5.74, 6) is -0.447. The summed E-state index contributed by atoms with van der Waals surface area (Å²) >= 11 is 0. The van der Waals surface area contributed by atoms with Crippen molar-refractivity contribution in [3.05, 3.63) is 34.8 Å². The van der Waals surface area contributed by atoms with Gasteiger partial charge in [0.25, 0.3) is 0 Å². The van der Waals surface area contributed by atoms with Gasteiger partial charge in [0.05, 0.1) is 5.52 Å². The number of nitrogens with zero attached hydrogens (tertiary/aromatic N) is 1. The van der Waals surface area contributed by atoms with E-state index in [4.69, 9.17) is 9.15 Å². The predicted octanol–water partition coefficient (Wildman–Crippen LogP) is 2.50. The third-order valence-corrected chi connectivity index (χ3v) is 3.84. The molecular formula is C15H17NO4. The second kappa shape index (κ2) is 4.81. The first-order valence-electron chi connectivity index (χ1n) is 6.88. The van der Waals surface area contributed by atoms with Crippen molar-refractivity contribution in [3.63, 3.8) is 0 Å². The summed E-state index contributed by atoms with van der Waals surface area (Å²) in [5, 5.41) is 0. The first-order valence-corrected chi connectivity index (χ1v) is 6.88. The number of ether oxygens (including phenoxy) is 1. The molecule has 1 aliphatic rings. The van der Waals surface area contributed by atoms with Crippen LogP contribution in [0.1, 0.15) is 32.7 Å². The Morgan fingerprint density at radius 2 is 2.05 bits per heavy atom. The summed E-state index contributed by atoms with van der Waals surface area (Å²) in [6.07, 6.45) is 2.13. The number of fused-ring (bicyclic) bond motifs is 1. The number of benzene rings is 1. The summed E-state index contributed by atoms with van der Waals surface area (Å²) in [7, 11) is 0. The van der Waals surface area contributed by atoms with Crippen molar-refractivity contribution < 1.29 is 13.9 Å². The molecule has 2 atom stereocenters. The van der Waals surface area contributed by atoms with Crippen LogP contribution in [0.5, 0.6) is 0 Å². The van der Waals surface area contributed by atoms with E-state index in [-0.39, 0.29) is 6.10 Å². The normalized spacial score (nSPS) is 17.9.